The lowest BCUT2D eigenvalue weighted by Gasteiger charge is -2.06. The molecule has 1 N–H and O–H groups in total. The number of hydrogen-bond donors (Lipinski definition) is 1. The summed E-state index contributed by atoms with van der Waals surface area (Å²) in [4.78, 5) is 4.18. The Morgan fingerprint density at radius 1 is 0.947 bits per heavy atom. The molecule has 1 heterocycles. The quantitative estimate of drug-likeness (QED) is 0.863. The largest absolute Gasteiger partial charge is 0.481 e. The van der Waals surface area contributed by atoms with Crippen LogP contribution < -0.4 is 10.1 Å². The number of pyridine rings is 1. The van der Waals surface area contributed by atoms with Gasteiger partial charge in [0.25, 0.3) is 0 Å². The van der Waals surface area contributed by atoms with E-state index in [-0.39, 0.29) is 0 Å². The van der Waals surface area contributed by atoms with Gasteiger partial charge in [-0.25, -0.2) is 4.98 Å². The topological polar surface area (TPSA) is 34.1 Å². The molecular weight excluding hydrogens is 236 g/mol. The van der Waals surface area contributed by atoms with E-state index in [9.17, 15) is 0 Å². The molecule has 0 spiro atoms. The fraction of sp³-hybridized carbons (Fsp3) is 0.312. The molecule has 1 aromatic heterocycles. The van der Waals surface area contributed by atoms with Crippen LogP contribution in [0.3, 0.4) is 0 Å². The third kappa shape index (κ3) is 4.07. The van der Waals surface area contributed by atoms with Gasteiger partial charge < -0.3 is 10.1 Å². The average Bonchev–Trinajstić information content (AvgIpc) is 2.49. The summed E-state index contributed by atoms with van der Waals surface area (Å²) in [5.41, 5.74) is 3.84. The van der Waals surface area contributed by atoms with Crippen LogP contribution in [0.15, 0.2) is 42.6 Å². The second kappa shape index (κ2) is 6.90. The molecule has 3 heteroatoms. The number of aromatic nitrogens is 1. The molecule has 0 amide bonds. The number of hydrogen-bond acceptors (Lipinski definition) is 3. The molecule has 0 radical (unpaired) electrons. The number of methoxy groups -OCH3 is 1. The first kappa shape index (κ1) is 13.6. The van der Waals surface area contributed by atoms with Gasteiger partial charge in [-0.15, -0.1) is 0 Å². The van der Waals surface area contributed by atoms with Crippen molar-refractivity contribution < 1.29 is 4.74 Å². The number of benzene rings is 1. The van der Waals surface area contributed by atoms with Crippen LogP contribution in [0, 0.1) is 0 Å². The number of aryl methyl sites for hydroxylation is 1. The van der Waals surface area contributed by atoms with Crippen molar-refractivity contribution in [2.24, 2.45) is 0 Å². The molecule has 100 valence electrons. The van der Waals surface area contributed by atoms with Crippen molar-refractivity contribution in [3.8, 4) is 5.88 Å². The molecule has 0 aliphatic heterocycles. The third-order valence-electron chi connectivity index (χ3n) is 3.10. The molecule has 1 aromatic carbocycles. The Morgan fingerprint density at radius 2 is 1.58 bits per heavy atom. The molecule has 0 unspecified atom stereocenters. The second-order valence-corrected chi connectivity index (χ2v) is 4.48. The van der Waals surface area contributed by atoms with Crippen molar-refractivity contribution in [2.75, 3.05) is 7.11 Å². The molecule has 3 nitrogen and oxygen atoms in total. The predicted molar refractivity (Wildman–Crippen MR) is 77.2 cm³/mol. The van der Waals surface area contributed by atoms with Gasteiger partial charge in [0.05, 0.1) is 7.11 Å². The van der Waals surface area contributed by atoms with Crippen LogP contribution in [-0.2, 0) is 19.5 Å². The van der Waals surface area contributed by atoms with Crippen molar-refractivity contribution in [3.05, 3.63) is 59.3 Å². The monoisotopic (exact) mass is 256 g/mol. The predicted octanol–water partition coefficient (Wildman–Crippen LogP) is 2.94. The molecule has 0 atom stereocenters. The van der Waals surface area contributed by atoms with Crippen LogP contribution >= 0.6 is 0 Å². The summed E-state index contributed by atoms with van der Waals surface area (Å²) in [6, 6.07) is 12.6. The molecule has 0 aliphatic carbocycles. The lowest BCUT2D eigenvalue weighted by molar-refractivity contribution is 0.397. The minimum Gasteiger partial charge on any atom is -0.481 e. The maximum absolute atomic E-state index is 5.03. The standard InChI is InChI=1S/C16H20N2O/c1-3-13-4-6-14(7-5-13)10-17-11-15-8-9-16(19-2)18-12-15/h4-9,12,17H,3,10-11H2,1-2H3. The Morgan fingerprint density at radius 3 is 2.16 bits per heavy atom. The highest BCUT2D eigenvalue weighted by Gasteiger charge is 1.97. The van der Waals surface area contributed by atoms with Crippen LogP contribution in [0.2, 0.25) is 0 Å². The summed E-state index contributed by atoms with van der Waals surface area (Å²) in [7, 11) is 1.63. The summed E-state index contributed by atoms with van der Waals surface area (Å²) in [6.07, 6.45) is 2.93. The fourth-order valence-electron chi connectivity index (χ4n) is 1.88. The number of nitrogens with zero attached hydrogens (tertiary/aromatic N) is 1. The van der Waals surface area contributed by atoms with E-state index in [0.29, 0.717) is 5.88 Å². The third-order valence-corrected chi connectivity index (χ3v) is 3.10. The van der Waals surface area contributed by atoms with Gasteiger partial charge in [-0.2, -0.15) is 0 Å². The Balaban J connectivity index is 1.81. The van der Waals surface area contributed by atoms with Crippen molar-refractivity contribution in [1.29, 1.82) is 0 Å². The Bertz CT molecular complexity index is 444. The SMILES string of the molecule is CCc1ccc(CNCc2ccc(OC)nc2)cc1. The van der Waals surface area contributed by atoms with E-state index in [1.54, 1.807) is 7.11 Å². The summed E-state index contributed by atoms with van der Waals surface area (Å²) in [5.74, 6) is 0.652. The van der Waals surface area contributed by atoms with Gasteiger partial charge in [0.2, 0.25) is 5.88 Å². The normalized spacial score (nSPS) is 10.4. The summed E-state index contributed by atoms with van der Waals surface area (Å²) >= 11 is 0. The first-order valence-corrected chi connectivity index (χ1v) is 6.59. The summed E-state index contributed by atoms with van der Waals surface area (Å²) in [6.45, 7) is 3.85. The van der Waals surface area contributed by atoms with Crippen molar-refractivity contribution in [3.63, 3.8) is 0 Å². The minimum atomic E-state index is 0.652. The van der Waals surface area contributed by atoms with E-state index < -0.39 is 0 Å². The van der Waals surface area contributed by atoms with Crippen LogP contribution in [0.5, 0.6) is 5.88 Å². The first-order valence-electron chi connectivity index (χ1n) is 6.59. The molecule has 2 aromatic rings. The highest BCUT2D eigenvalue weighted by Crippen LogP contribution is 2.07. The average molecular weight is 256 g/mol. The van der Waals surface area contributed by atoms with E-state index in [2.05, 4.69) is 41.5 Å². The number of rotatable bonds is 6. The molecule has 2 rings (SSSR count). The van der Waals surface area contributed by atoms with Crippen LogP contribution in [-0.4, -0.2) is 12.1 Å². The summed E-state index contributed by atoms with van der Waals surface area (Å²) in [5, 5.41) is 3.41. The van der Waals surface area contributed by atoms with Gasteiger partial charge in [-0.3, -0.25) is 0 Å². The molecule has 0 fully saturated rings. The zero-order valence-corrected chi connectivity index (χ0v) is 11.5. The van der Waals surface area contributed by atoms with Crippen LogP contribution in [0.4, 0.5) is 0 Å². The fourth-order valence-corrected chi connectivity index (χ4v) is 1.88. The van der Waals surface area contributed by atoms with E-state index in [0.717, 1.165) is 25.1 Å². The maximum Gasteiger partial charge on any atom is 0.212 e. The van der Waals surface area contributed by atoms with E-state index >= 15 is 0 Å². The van der Waals surface area contributed by atoms with Crippen molar-refractivity contribution >= 4 is 0 Å². The van der Waals surface area contributed by atoms with E-state index in [1.807, 2.05) is 18.3 Å². The van der Waals surface area contributed by atoms with Gasteiger partial charge in [0.15, 0.2) is 0 Å². The molecule has 0 saturated carbocycles. The first-order chi connectivity index (χ1) is 9.31. The zero-order valence-electron chi connectivity index (χ0n) is 11.5. The van der Waals surface area contributed by atoms with Gasteiger partial charge in [-0.1, -0.05) is 37.3 Å². The van der Waals surface area contributed by atoms with E-state index in [4.69, 9.17) is 4.74 Å². The Labute approximate surface area is 114 Å². The van der Waals surface area contributed by atoms with Gasteiger partial charge in [-0.05, 0) is 23.1 Å². The van der Waals surface area contributed by atoms with Crippen LogP contribution in [0.1, 0.15) is 23.6 Å². The minimum absolute atomic E-state index is 0.652. The van der Waals surface area contributed by atoms with Gasteiger partial charge in [0.1, 0.15) is 0 Å². The lowest BCUT2D eigenvalue weighted by atomic mass is 10.1. The van der Waals surface area contributed by atoms with Crippen molar-refractivity contribution in [1.82, 2.24) is 10.3 Å². The Hall–Kier alpha value is -1.87. The molecule has 0 aliphatic rings. The zero-order chi connectivity index (χ0) is 13.5. The number of nitrogens with one attached hydrogen (secondary N) is 1. The molecular formula is C16H20N2O. The molecule has 0 bridgehead atoms. The Kier molecular flexibility index (Phi) is 4.93. The summed E-state index contributed by atoms with van der Waals surface area (Å²) < 4.78 is 5.03. The molecule has 19 heavy (non-hydrogen) atoms. The molecule has 0 saturated heterocycles. The highest BCUT2D eigenvalue weighted by atomic mass is 16.5. The van der Waals surface area contributed by atoms with Crippen LogP contribution in [0.25, 0.3) is 0 Å². The van der Waals surface area contributed by atoms with Gasteiger partial charge >= 0.3 is 0 Å². The van der Waals surface area contributed by atoms with Crippen molar-refractivity contribution in [2.45, 2.75) is 26.4 Å². The smallest absolute Gasteiger partial charge is 0.212 e. The second-order valence-electron chi connectivity index (χ2n) is 4.48. The highest BCUT2D eigenvalue weighted by molar-refractivity contribution is 5.22. The lowest BCUT2D eigenvalue weighted by Crippen LogP contribution is -2.12. The van der Waals surface area contributed by atoms with Gasteiger partial charge in [0, 0.05) is 25.4 Å². The number of ether oxygens (including phenoxy) is 1. The maximum atomic E-state index is 5.03. The van der Waals surface area contributed by atoms with E-state index in [1.165, 1.54) is 11.1 Å².